The predicted octanol–water partition coefficient (Wildman–Crippen LogP) is 3.67. The Hall–Kier alpha value is -2.55. The molecule has 0 atom stereocenters. The first-order valence-corrected chi connectivity index (χ1v) is 6.33. The van der Waals surface area contributed by atoms with Crippen molar-refractivity contribution in [3.05, 3.63) is 71.3 Å². The Bertz CT molecular complexity index is 630. The van der Waals surface area contributed by atoms with E-state index >= 15 is 0 Å². The SMILES string of the molecule is Cc1ccccc1OCc1cccc(C=CC(=O)O)c1. The first kappa shape index (κ1) is 13.9. The van der Waals surface area contributed by atoms with E-state index in [2.05, 4.69) is 0 Å². The van der Waals surface area contributed by atoms with Crippen molar-refractivity contribution in [2.45, 2.75) is 13.5 Å². The molecule has 0 radical (unpaired) electrons. The molecule has 2 rings (SSSR count). The van der Waals surface area contributed by atoms with Gasteiger partial charge in [0.05, 0.1) is 0 Å². The van der Waals surface area contributed by atoms with Crippen LogP contribution in [0.2, 0.25) is 0 Å². The first-order valence-electron chi connectivity index (χ1n) is 6.33. The molecule has 2 aromatic carbocycles. The fourth-order valence-electron chi connectivity index (χ4n) is 1.83. The van der Waals surface area contributed by atoms with Gasteiger partial charge in [-0.25, -0.2) is 4.79 Å². The standard InChI is InChI=1S/C17H16O3/c1-13-5-2-3-8-16(13)20-12-15-7-4-6-14(11-15)9-10-17(18)19/h2-11H,12H2,1H3,(H,18,19). The maximum Gasteiger partial charge on any atom is 0.328 e. The molecule has 20 heavy (non-hydrogen) atoms. The molecule has 0 fully saturated rings. The highest BCUT2D eigenvalue weighted by Gasteiger charge is 1.99. The number of aliphatic carboxylic acids is 1. The highest BCUT2D eigenvalue weighted by molar-refractivity contribution is 5.85. The van der Waals surface area contributed by atoms with E-state index in [0.717, 1.165) is 28.5 Å². The molecule has 3 heteroatoms. The van der Waals surface area contributed by atoms with Crippen molar-refractivity contribution in [1.82, 2.24) is 0 Å². The third-order valence-corrected chi connectivity index (χ3v) is 2.86. The summed E-state index contributed by atoms with van der Waals surface area (Å²) in [6.07, 6.45) is 2.70. The van der Waals surface area contributed by atoms with E-state index in [0.29, 0.717) is 6.61 Å². The maximum atomic E-state index is 10.5. The topological polar surface area (TPSA) is 46.5 Å². The zero-order valence-electron chi connectivity index (χ0n) is 11.2. The van der Waals surface area contributed by atoms with Crippen molar-refractivity contribution in [3.8, 4) is 5.75 Å². The number of aryl methyl sites for hydroxylation is 1. The van der Waals surface area contributed by atoms with Crippen LogP contribution in [0.1, 0.15) is 16.7 Å². The monoisotopic (exact) mass is 268 g/mol. The molecule has 1 N–H and O–H groups in total. The van der Waals surface area contributed by atoms with Gasteiger partial charge in [0.2, 0.25) is 0 Å². The number of rotatable bonds is 5. The zero-order valence-corrected chi connectivity index (χ0v) is 11.2. The molecule has 102 valence electrons. The molecule has 0 aromatic heterocycles. The number of ether oxygens (including phenoxy) is 1. The Kier molecular flexibility index (Phi) is 4.56. The van der Waals surface area contributed by atoms with Crippen LogP contribution in [0.5, 0.6) is 5.75 Å². The molecule has 0 aliphatic carbocycles. The molecule has 0 unspecified atom stereocenters. The number of carboxylic acid groups (broad SMARTS) is 1. The van der Waals surface area contributed by atoms with Gasteiger partial charge in [0.25, 0.3) is 0 Å². The lowest BCUT2D eigenvalue weighted by atomic mass is 10.1. The van der Waals surface area contributed by atoms with Crippen molar-refractivity contribution in [3.63, 3.8) is 0 Å². The van der Waals surface area contributed by atoms with Gasteiger partial charge in [-0.1, -0.05) is 36.4 Å². The van der Waals surface area contributed by atoms with Crippen LogP contribution in [0.25, 0.3) is 6.08 Å². The summed E-state index contributed by atoms with van der Waals surface area (Å²) in [5.74, 6) is -0.0921. The van der Waals surface area contributed by atoms with Gasteiger partial charge >= 0.3 is 5.97 Å². The van der Waals surface area contributed by atoms with Crippen LogP contribution < -0.4 is 4.74 Å². The van der Waals surface area contributed by atoms with Gasteiger partial charge in [0, 0.05) is 6.08 Å². The van der Waals surface area contributed by atoms with Crippen molar-refractivity contribution >= 4 is 12.0 Å². The quantitative estimate of drug-likeness (QED) is 0.841. The van der Waals surface area contributed by atoms with Crippen molar-refractivity contribution in [2.24, 2.45) is 0 Å². The van der Waals surface area contributed by atoms with Crippen LogP contribution in [-0.2, 0) is 11.4 Å². The summed E-state index contributed by atoms with van der Waals surface area (Å²) in [5, 5.41) is 8.62. The number of benzene rings is 2. The summed E-state index contributed by atoms with van der Waals surface area (Å²) in [5.41, 5.74) is 2.94. The number of hydrogen-bond donors (Lipinski definition) is 1. The number of para-hydroxylation sites is 1. The van der Waals surface area contributed by atoms with Crippen LogP contribution in [0.3, 0.4) is 0 Å². The summed E-state index contributed by atoms with van der Waals surface area (Å²) in [4.78, 5) is 10.5. The van der Waals surface area contributed by atoms with E-state index in [9.17, 15) is 4.79 Å². The van der Waals surface area contributed by atoms with E-state index in [4.69, 9.17) is 9.84 Å². The molecule has 0 heterocycles. The predicted molar refractivity (Wildman–Crippen MR) is 78.6 cm³/mol. The molecule has 0 saturated heterocycles. The summed E-state index contributed by atoms with van der Waals surface area (Å²) in [7, 11) is 0. The fraction of sp³-hybridized carbons (Fsp3) is 0.118. The number of carbonyl (C=O) groups is 1. The highest BCUT2D eigenvalue weighted by atomic mass is 16.5. The van der Waals surface area contributed by atoms with Crippen molar-refractivity contribution in [1.29, 1.82) is 0 Å². The van der Waals surface area contributed by atoms with Gasteiger partial charge < -0.3 is 9.84 Å². The van der Waals surface area contributed by atoms with Crippen LogP contribution in [0.4, 0.5) is 0 Å². The molecule has 0 amide bonds. The summed E-state index contributed by atoms with van der Waals surface area (Å²) >= 11 is 0. The highest BCUT2D eigenvalue weighted by Crippen LogP contribution is 2.18. The summed E-state index contributed by atoms with van der Waals surface area (Å²) in [6, 6.07) is 15.5. The second kappa shape index (κ2) is 6.57. The molecule has 3 nitrogen and oxygen atoms in total. The molecule has 0 spiro atoms. The Morgan fingerprint density at radius 1 is 1.20 bits per heavy atom. The first-order chi connectivity index (χ1) is 9.65. The van der Waals surface area contributed by atoms with Gasteiger partial charge in [-0.15, -0.1) is 0 Å². The lowest BCUT2D eigenvalue weighted by Crippen LogP contribution is -1.97. The van der Waals surface area contributed by atoms with E-state index in [1.165, 1.54) is 0 Å². The molecule has 0 aliphatic heterocycles. The minimum Gasteiger partial charge on any atom is -0.489 e. The Morgan fingerprint density at radius 3 is 2.75 bits per heavy atom. The molecule has 2 aromatic rings. The number of hydrogen-bond acceptors (Lipinski definition) is 2. The lowest BCUT2D eigenvalue weighted by Gasteiger charge is -2.09. The second-order valence-corrected chi connectivity index (χ2v) is 4.47. The Balaban J connectivity index is 2.05. The van der Waals surface area contributed by atoms with Crippen molar-refractivity contribution in [2.75, 3.05) is 0 Å². The second-order valence-electron chi connectivity index (χ2n) is 4.47. The van der Waals surface area contributed by atoms with Crippen LogP contribution in [-0.4, -0.2) is 11.1 Å². The lowest BCUT2D eigenvalue weighted by molar-refractivity contribution is -0.131. The Morgan fingerprint density at radius 2 is 2.00 bits per heavy atom. The molecule has 0 saturated carbocycles. The smallest absolute Gasteiger partial charge is 0.328 e. The minimum absolute atomic E-state index is 0.458. The van der Waals surface area contributed by atoms with Gasteiger partial charge in [0.15, 0.2) is 0 Å². The molecular formula is C17H16O3. The molecule has 0 bridgehead atoms. The summed E-state index contributed by atoms with van der Waals surface area (Å²) < 4.78 is 5.76. The largest absolute Gasteiger partial charge is 0.489 e. The fourth-order valence-corrected chi connectivity index (χ4v) is 1.83. The summed E-state index contributed by atoms with van der Waals surface area (Å²) in [6.45, 7) is 2.46. The average molecular weight is 268 g/mol. The Labute approximate surface area is 118 Å². The molecular weight excluding hydrogens is 252 g/mol. The minimum atomic E-state index is -0.952. The zero-order chi connectivity index (χ0) is 14.4. The maximum absolute atomic E-state index is 10.5. The van der Waals surface area contributed by atoms with Crippen LogP contribution in [0.15, 0.2) is 54.6 Å². The van der Waals surface area contributed by atoms with E-state index in [1.807, 2.05) is 55.5 Å². The third-order valence-electron chi connectivity index (χ3n) is 2.86. The van der Waals surface area contributed by atoms with Crippen molar-refractivity contribution < 1.29 is 14.6 Å². The van der Waals surface area contributed by atoms with Gasteiger partial charge in [-0.3, -0.25) is 0 Å². The normalized spacial score (nSPS) is 10.7. The molecule has 0 aliphatic rings. The van der Waals surface area contributed by atoms with Crippen LogP contribution in [0, 0.1) is 6.92 Å². The third kappa shape index (κ3) is 3.99. The van der Waals surface area contributed by atoms with Crippen LogP contribution >= 0.6 is 0 Å². The van der Waals surface area contributed by atoms with E-state index in [-0.39, 0.29) is 0 Å². The van der Waals surface area contributed by atoms with Gasteiger partial charge in [0.1, 0.15) is 12.4 Å². The van der Waals surface area contributed by atoms with E-state index < -0.39 is 5.97 Å². The van der Waals surface area contributed by atoms with E-state index in [1.54, 1.807) is 6.08 Å². The average Bonchev–Trinajstić information content (AvgIpc) is 2.45. The van der Waals surface area contributed by atoms with Gasteiger partial charge in [-0.05, 0) is 41.8 Å². The number of carboxylic acids is 1. The van der Waals surface area contributed by atoms with Gasteiger partial charge in [-0.2, -0.15) is 0 Å².